The topological polar surface area (TPSA) is 70.1 Å². The Kier molecular flexibility index (Phi) is 4.74. The van der Waals surface area contributed by atoms with Crippen LogP contribution >= 0.6 is 34.8 Å². The van der Waals surface area contributed by atoms with Gasteiger partial charge in [-0.05, 0) is 67.2 Å². The third kappa shape index (κ3) is 2.86. The Bertz CT molecular complexity index is 1050. The largest absolute Gasteiger partial charge is 0.508 e. The van der Waals surface area contributed by atoms with Crippen molar-refractivity contribution in [2.75, 3.05) is 19.7 Å². The molecule has 2 saturated carbocycles. The molecule has 3 aliphatic carbocycles. The van der Waals surface area contributed by atoms with Gasteiger partial charge in [0.25, 0.3) is 0 Å². The van der Waals surface area contributed by atoms with Crippen LogP contribution in [-0.4, -0.2) is 62.5 Å². The van der Waals surface area contributed by atoms with E-state index < -0.39 is 9.89 Å². The number of phenolic OH excluding ortho intramolecular Hbond substituents is 1. The first-order valence-electron chi connectivity index (χ1n) is 11.7. The minimum atomic E-state index is -1.64. The van der Waals surface area contributed by atoms with Crippen molar-refractivity contribution in [3.05, 3.63) is 29.3 Å². The van der Waals surface area contributed by atoms with Gasteiger partial charge in [0, 0.05) is 42.9 Å². The summed E-state index contributed by atoms with van der Waals surface area (Å²) in [7, 11) is 0. The molecule has 4 fully saturated rings. The highest BCUT2D eigenvalue weighted by Gasteiger charge is 2.76. The number of benzene rings is 1. The van der Waals surface area contributed by atoms with Crippen LogP contribution in [-0.2, 0) is 21.4 Å². The SMILES string of the molecule is CC(=O)N1CCC23c4cc(O)ccc4CC1C21CCC2C3[C@@H](CN2C(=O)OCC(Cl)(Cl)Cl)C1. The Morgan fingerprint density at radius 3 is 2.76 bits per heavy atom. The fourth-order valence-corrected chi connectivity index (χ4v) is 8.98. The van der Waals surface area contributed by atoms with Crippen LogP contribution < -0.4 is 0 Å². The number of ether oxygens (including phenoxy) is 1. The molecule has 2 amide bonds. The van der Waals surface area contributed by atoms with Crippen molar-refractivity contribution in [2.45, 2.75) is 60.3 Å². The van der Waals surface area contributed by atoms with E-state index in [-0.39, 0.29) is 47.1 Å². The van der Waals surface area contributed by atoms with Crippen LogP contribution in [0.4, 0.5) is 4.79 Å². The number of likely N-dealkylation sites (tertiary alicyclic amines) is 2. The van der Waals surface area contributed by atoms with Gasteiger partial charge in [0.05, 0.1) is 0 Å². The second kappa shape index (κ2) is 7.08. The molecule has 4 bridgehead atoms. The minimum Gasteiger partial charge on any atom is -0.508 e. The van der Waals surface area contributed by atoms with E-state index in [9.17, 15) is 14.7 Å². The monoisotopic (exact) mass is 512 g/mol. The Balaban J connectivity index is 1.43. The summed E-state index contributed by atoms with van der Waals surface area (Å²) in [5, 5.41) is 10.5. The van der Waals surface area contributed by atoms with E-state index in [1.54, 1.807) is 13.0 Å². The summed E-state index contributed by atoms with van der Waals surface area (Å²) in [6.45, 7) is 2.74. The van der Waals surface area contributed by atoms with Crippen molar-refractivity contribution in [3.63, 3.8) is 0 Å². The zero-order valence-electron chi connectivity index (χ0n) is 18.4. The highest BCUT2D eigenvalue weighted by molar-refractivity contribution is 6.67. The zero-order valence-corrected chi connectivity index (χ0v) is 20.7. The van der Waals surface area contributed by atoms with Crippen LogP contribution in [0.25, 0.3) is 0 Å². The van der Waals surface area contributed by atoms with Crippen molar-refractivity contribution < 1.29 is 19.4 Å². The summed E-state index contributed by atoms with van der Waals surface area (Å²) in [5.41, 5.74) is 2.28. The highest BCUT2D eigenvalue weighted by Crippen LogP contribution is 2.75. The predicted octanol–water partition coefficient (Wildman–Crippen LogP) is 4.41. The highest BCUT2D eigenvalue weighted by atomic mass is 35.6. The van der Waals surface area contributed by atoms with Crippen molar-refractivity contribution in [3.8, 4) is 5.75 Å². The van der Waals surface area contributed by atoms with E-state index in [1.165, 1.54) is 11.1 Å². The van der Waals surface area contributed by atoms with Crippen molar-refractivity contribution in [2.24, 2.45) is 17.3 Å². The molecule has 5 unspecified atom stereocenters. The summed E-state index contributed by atoms with van der Waals surface area (Å²) < 4.78 is 3.74. The van der Waals surface area contributed by atoms with Gasteiger partial charge in [-0.3, -0.25) is 4.79 Å². The number of phenols is 1. The third-order valence-electron chi connectivity index (χ3n) is 9.47. The number of hydrogen-bond donors (Lipinski definition) is 1. The zero-order chi connectivity index (χ0) is 23.3. The predicted molar refractivity (Wildman–Crippen MR) is 125 cm³/mol. The summed E-state index contributed by atoms with van der Waals surface area (Å²) >= 11 is 17.4. The lowest BCUT2D eigenvalue weighted by molar-refractivity contribution is -0.149. The Labute approximate surface area is 208 Å². The average Bonchev–Trinajstić information content (AvgIpc) is 3.18. The number of aromatic hydroxyl groups is 1. The Morgan fingerprint density at radius 2 is 2.03 bits per heavy atom. The number of carbonyl (C=O) groups is 2. The van der Waals surface area contributed by atoms with Crippen LogP contribution in [0.5, 0.6) is 5.75 Å². The Hall–Kier alpha value is -1.37. The first kappa shape index (κ1) is 22.1. The van der Waals surface area contributed by atoms with Crippen molar-refractivity contribution in [1.29, 1.82) is 0 Å². The molecular formula is C24H27Cl3N2O4. The molecule has 9 heteroatoms. The normalized spacial score (nSPS) is 38.1. The van der Waals surface area contributed by atoms with Gasteiger partial charge in [-0.2, -0.15) is 0 Å². The van der Waals surface area contributed by atoms with E-state index in [0.29, 0.717) is 19.0 Å². The summed E-state index contributed by atoms with van der Waals surface area (Å²) in [4.78, 5) is 29.6. The maximum atomic E-state index is 13.0. The van der Waals surface area contributed by atoms with Gasteiger partial charge in [-0.15, -0.1) is 0 Å². The van der Waals surface area contributed by atoms with E-state index in [2.05, 4.69) is 4.90 Å². The van der Waals surface area contributed by atoms with E-state index in [1.807, 2.05) is 17.0 Å². The number of amides is 2. The fraction of sp³-hybridized carbons (Fsp3) is 0.667. The molecule has 6 atom stereocenters. The van der Waals surface area contributed by atoms with Crippen LogP contribution in [0, 0.1) is 17.3 Å². The lowest BCUT2D eigenvalue weighted by Gasteiger charge is -2.66. The lowest BCUT2D eigenvalue weighted by atomic mass is 9.43. The van der Waals surface area contributed by atoms with Crippen LogP contribution in [0.3, 0.4) is 0 Å². The average molecular weight is 514 g/mol. The molecule has 5 aliphatic rings. The standard InChI is InChI=1S/C24H27Cl3N2O4/c1-13(30)28-7-6-23-17-9-16(31)3-2-14(17)8-19(28)22(23)5-4-18-20(23)15(10-22)11-29(18)21(32)33-12-24(25,26)27/h2-3,9,15,18-20,31H,4-8,10-12H2,1H3/t15-,18?,19?,20?,22?,23?/m1/s1. The first-order valence-corrected chi connectivity index (χ1v) is 12.8. The molecule has 6 rings (SSSR count). The number of halogens is 3. The van der Waals surface area contributed by atoms with Crippen LogP contribution in [0.15, 0.2) is 18.2 Å². The summed E-state index contributed by atoms with van der Waals surface area (Å²) in [6.07, 6.45) is 4.07. The molecular weight excluding hydrogens is 487 g/mol. The smallest absolute Gasteiger partial charge is 0.410 e. The quantitative estimate of drug-likeness (QED) is 0.565. The number of carbonyl (C=O) groups excluding carboxylic acids is 2. The lowest BCUT2D eigenvalue weighted by Crippen LogP contribution is -2.70. The molecule has 2 heterocycles. The number of piperidine rings is 1. The fourth-order valence-electron chi connectivity index (χ4n) is 8.81. The molecule has 0 aromatic heterocycles. The van der Waals surface area contributed by atoms with Gasteiger partial charge >= 0.3 is 6.09 Å². The summed E-state index contributed by atoms with van der Waals surface area (Å²) in [5.74, 6) is 1.01. The molecule has 0 spiro atoms. The molecule has 178 valence electrons. The number of alkyl halides is 3. The van der Waals surface area contributed by atoms with Crippen LogP contribution in [0.2, 0.25) is 0 Å². The minimum absolute atomic E-state index is 0.0168. The van der Waals surface area contributed by atoms with Gasteiger partial charge in [0.15, 0.2) is 0 Å². The molecule has 33 heavy (non-hydrogen) atoms. The second-order valence-corrected chi connectivity index (χ2v) is 13.1. The van der Waals surface area contributed by atoms with Gasteiger partial charge in [0.2, 0.25) is 9.70 Å². The number of hydrogen-bond acceptors (Lipinski definition) is 4. The van der Waals surface area contributed by atoms with Crippen molar-refractivity contribution in [1.82, 2.24) is 9.80 Å². The molecule has 1 aromatic carbocycles. The number of rotatable bonds is 1. The second-order valence-electron chi connectivity index (χ2n) is 10.6. The van der Waals surface area contributed by atoms with Gasteiger partial charge in [-0.1, -0.05) is 40.9 Å². The van der Waals surface area contributed by atoms with Gasteiger partial charge in [0.1, 0.15) is 12.4 Å². The summed E-state index contributed by atoms with van der Waals surface area (Å²) in [6, 6.07) is 5.95. The third-order valence-corrected chi connectivity index (χ3v) is 9.80. The van der Waals surface area contributed by atoms with Gasteiger partial charge < -0.3 is 19.6 Å². The van der Waals surface area contributed by atoms with E-state index in [4.69, 9.17) is 39.5 Å². The van der Waals surface area contributed by atoms with Crippen molar-refractivity contribution >= 4 is 46.8 Å². The molecule has 0 radical (unpaired) electrons. The maximum Gasteiger partial charge on any atom is 0.410 e. The molecule has 1 aromatic rings. The van der Waals surface area contributed by atoms with Crippen LogP contribution in [0.1, 0.15) is 43.7 Å². The van der Waals surface area contributed by atoms with E-state index in [0.717, 1.165) is 32.1 Å². The maximum absolute atomic E-state index is 13.0. The van der Waals surface area contributed by atoms with Gasteiger partial charge in [-0.25, -0.2) is 4.79 Å². The Morgan fingerprint density at radius 1 is 1.24 bits per heavy atom. The number of nitrogens with zero attached hydrogens (tertiary/aromatic N) is 2. The first-order chi connectivity index (χ1) is 15.6. The molecule has 6 nitrogen and oxygen atoms in total. The number of fused-ring (bicyclic) bond motifs is 1. The van der Waals surface area contributed by atoms with E-state index >= 15 is 0 Å². The molecule has 2 aliphatic heterocycles. The molecule has 2 saturated heterocycles. The molecule has 1 N–H and O–H groups in total.